The Bertz CT molecular complexity index is 739. The van der Waals surface area contributed by atoms with E-state index in [0.29, 0.717) is 17.8 Å². The molecule has 0 aromatic carbocycles. The normalized spacial score (nSPS) is 44.8. The van der Waals surface area contributed by atoms with Crippen molar-refractivity contribution in [2.45, 2.75) is 71.8 Å². The number of hydrogen-bond donors (Lipinski definition) is 1. The van der Waals surface area contributed by atoms with Gasteiger partial charge in [0.25, 0.3) is 0 Å². The van der Waals surface area contributed by atoms with Crippen LogP contribution in [-0.2, 0) is 19.1 Å². The lowest BCUT2D eigenvalue weighted by molar-refractivity contribution is -0.149. The Morgan fingerprint density at radius 1 is 1.18 bits per heavy atom. The molecule has 1 unspecified atom stereocenters. The van der Waals surface area contributed by atoms with Gasteiger partial charge in [0.15, 0.2) is 11.6 Å². The van der Waals surface area contributed by atoms with Gasteiger partial charge >= 0.3 is 5.97 Å². The van der Waals surface area contributed by atoms with Crippen LogP contribution >= 0.6 is 0 Å². The van der Waals surface area contributed by atoms with Crippen LogP contribution in [0.15, 0.2) is 11.6 Å². The van der Waals surface area contributed by atoms with Gasteiger partial charge in [-0.25, -0.2) is 0 Å². The smallest absolute Gasteiger partial charge is 0.303 e. The second-order valence-electron chi connectivity index (χ2n) is 9.98. The summed E-state index contributed by atoms with van der Waals surface area (Å²) in [4.78, 5) is 35.9. The summed E-state index contributed by atoms with van der Waals surface area (Å²) in [6.45, 7) is 5.65. The molecule has 0 amide bonds. The second-order valence-corrected chi connectivity index (χ2v) is 9.98. The van der Waals surface area contributed by atoms with Gasteiger partial charge < -0.3 is 9.84 Å². The van der Waals surface area contributed by atoms with Crippen molar-refractivity contribution in [1.82, 2.24) is 0 Å². The lowest BCUT2D eigenvalue weighted by atomic mass is 9.46. The van der Waals surface area contributed by atoms with E-state index in [4.69, 9.17) is 4.74 Å². The minimum Gasteiger partial charge on any atom is -0.458 e. The quantitative estimate of drug-likeness (QED) is 0.751. The molecule has 0 spiro atoms. The minimum atomic E-state index is -0.597. The number of esters is 1. The van der Waals surface area contributed by atoms with Crippen LogP contribution < -0.4 is 0 Å². The molecule has 0 aromatic heterocycles. The molecule has 5 heteroatoms. The van der Waals surface area contributed by atoms with Gasteiger partial charge in [0.2, 0.25) is 0 Å². The highest BCUT2D eigenvalue weighted by Crippen LogP contribution is 2.66. The van der Waals surface area contributed by atoms with Gasteiger partial charge in [0.05, 0.1) is 6.10 Å². The third-order valence-corrected chi connectivity index (χ3v) is 8.87. The van der Waals surface area contributed by atoms with Crippen molar-refractivity contribution in [3.05, 3.63) is 11.6 Å². The zero-order valence-electron chi connectivity index (χ0n) is 17.2. The Morgan fingerprint density at radius 3 is 2.64 bits per heavy atom. The first-order chi connectivity index (χ1) is 13.2. The van der Waals surface area contributed by atoms with Gasteiger partial charge in [0.1, 0.15) is 6.61 Å². The number of rotatable bonds is 3. The zero-order chi connectivity index (χ0) is 20.3. The van der Waals surface area contributed by atoms with Crippen LogP contribution in [0.1, 0.15) is 65.7 Å². The number of aliphatic hydroxyl groups excluding tert-OH is 1. The van der Waals surface area contributed by atoms with Gasteiger partial charge in [-0.3, -0.25) is 14.4 Å². The standard InChI is InChI=1S/C23H32O5/c1-13(24)28-12-20(26)19-7-6-17-16-5-4-14-10-15(25)11-21(27)23(14,3)18(16)8-9-22(17,19)2/h10,16-19,21,27H,4-9,11-12H2,1-3H3/t16-,17-,18-,19+,21?,22-,23-/m0/s1. The molecule has 0 bridgehead atoms. The van der Waals surface area contributed by atoms with E-state index in [9.17, 15) is 19.5 Å². The molecule has 4 aliphatic rings. The molecule has 1 N–H and O–H groups in total. The molecule has 154 valence electrons. The largest absolute Gasteiger partial charge is 0.458 e. The van der Waals surface area contributed by atoms with Crippen LogP contribution in [0.3, 0.4) is 0 Å². The summed E-state index contributed by atoms with van der Waals surface area (Å²) in [5.41, 5.74) is 0.783. The van der Waals surface area contributed by atoms with Crippen molar-refractivity contribution in [2.24, 2.45) is 34.5 Å². The molecule has 7 atom stereocenters. The Hall–Kier alpha value is -1.49. The monoisotopic (exact) mass is 388 g/mol. The maximum absolute atomic E-state index is 12.8. The first-order valence-electron chi connectivity index (χ1n) is 10.8. The third kappa shape index (κ3) is 2.80. The maximum Gasteiger partial charge on any atom is 0.303 e. The maximum atomic E-state index is 12.8. The lowest BCUT2D eigenvalue weighted by Crippen LogP contribution is -2.55. The van der Waals surface area contributed by atoms with Crippen molar-refractivity contribution in [2.75, 3.05) is 6.61 Å². The Labute approximate surface area is 166 Å². The van der Waals surface area contributed by atoms with E-state index in [2.05, 4.69) is 13.8 Å². The van der Waals surface area contributed by atoms with E-state index >= 15 is 0 Å². The molecule has 4 rings (SSSR count). The molecular formula is C23H32O5. The molecule has 0 aliphatic heterocycles. The topological polar surface area (TPSA) is 80.7 Å². The molecule has 3 saturated carbocycles. The number of ether oxygens (including phenoxy) is 1. The molecule has 3 fully saturated rings. The summed E-state index contributed by atoms with van der Waals surface area (Å²) in [5, 5.41) is 10.9. The average Bonchev–Trinajstić information content (AvgIpc) is 2.98. The highest BCUT2D eigenvalue weighted by Gasteiger charge is 2.61. The fourth-order valence-electron chi connectivity index (χ4n) is 7.41. The predicted molar refractivity (Wildman–Crippen MR) is 103 cm³/mol. The average molecular weight is 389 g/mol. The molecule has 28 heavy (non-hydrogen) atoms. The zero-order valence-corrected chi connectivity index (χ0v) is 17.2. The number of Topliss-reactive ketones (excluding diaryl/α,β-unsaturated/α-hetero) is 1. The van der Waals surface area contributed by atoms with Crippen LogP contribution in [0.5, 0.6) is 0 Å². The van der Waals surface area contributed by atoms with Crippen molar-refractivity contribution < 1.29 is 24.2 Å². The molecular weight excluding hydrogens is 356 g/mol. The molecule has 0 radical (unpaired) electrons. The number of ketones is 2. The summed E-state index contributed by atoms with van der Waals surface area (Å²) in [7, 11) is 0. The molecule has 0 saturated heterocycles. The van der Waals surface area contributed by atoms with Crippen LogP contribution in [0.25, 0.3) is 0 Å². The summed E-state index contributed by atoms with van der Waals surface area (Å²) < 4.78 is 5.00. The Kier molecular flexibility index (Phi) is 4.80. The Balaban J connectivity index is 1.58. The first-order valence-corrected chi connectivity index (χ1v) is 10.8. The molecule has 0 heterocycles. The van der Waals surface area contributed by atoms with Crippen molar-refractivity contribution >= 4 is 17.5 Å². The van der Waals surface area contributed by atoms with Crippen molar-refractivity contribution in [3.63, 3.8) is 0 Å². The fraction of sp³-hybridized carbons (Fsp3) is 0.783. The summed E-state index contributed by atoms with van der Waals surface area (Å²) >= 11 is 0. The number of carbonyl (C=O) groups is 3. The molecule has 4 aliphatic carbocycles. The summed E-state index contributed by atoms with van der Waals surface area (Å²) in [6, 6.07) is 0. The van der Waals surface area contributed by atoms with E-state index < -0.39 is 12.1 Å². The van der Waals surface area contributed by atoms with Crippen LogP contribution in [-0.4, -0.2) is 35.4 Å². The number of aliphatic hydroxyl groups is 1. The SMILES string of the molecule is CC(=O)OCC(=O)[C@H]1CC[C@H]2[C@@H]3CCC4=CC(=O)CC(O)[C@]4(C)[C@H]3CC[C@]12C. The van der Waals surface area contributed by atoms with E-state index in [-0.39, 0.29) is 41.3 Å². The van der Waals surface area contributed by atoms with Gasteiger partial charge in [-0.05, 0) is 67.8 Å². The van der Waals surface area contributed by atoms with Gasteiger partial charge in [0, 0.05) is 24.7 Å². The van der Waals surface area contributed by atoms with Crippen LogP contribution in [0.2, 0.25) is 0 Å². The number of fused-ring (bicyclic) bond motifs is 5. The second kappa shape index (κ2) is 6.79. The van der Waals surface area contributed by atoms with Crippen LogP contribution in [0, 0.1) is 34.5 Å². The summed E-state index contributed by atoms with van der Waals surface area (Å²) in [6.07, 6.45) is 7.18. The molecule has 0 aromatic rings. The van der Waals surface area contributed by atoms with E-state index in [0.717, 1.165) is 44.1 Å². The highest BCUT2D eigenvalue weighted by molar-refractivity contribution is 5.92. The minimum absolute atomic E-state index is 0.0413. The van der Waals surface area contributed by atoms with Gasteiger partial charge in [-0.2, -0.15) is 0 Å². The third-order valence-electron chi connectivity index (χ3n) is 8.87. The van der Waals surface area contributed by atoms with E-state index in [1.807, 2.05) is 0 Å². The van der Waals surface area contributed by atoms with E-state index in [1.165, 1.54) is 6.92 Å². The fourth-order valence-corrected chi connectivity index (χ4v) is 7.41. The van der Waals surface area contributed by atoms with Crippen LogP contribution in [0.4, 0.5) is 0 Å². The Morgan fingerprint density at radius 2 is 1.93 bits per heavy atom. The first kappa shape index (κ1) is 19.8. The highest BCUT2D eigenvalue weighted by atomic mass is 16.5. The van der Waals surface area contributed by atoms with E-state index in [1.54, 1.807) is 6.08 Å². The predicted octanol–water partition coefficient (Wildman–Crippen LogP) is 3.24. The number of hydrogen-bond acceptors (Lipinski definition) is 5. The van der Waals surface area contributed by atoms with Crippen molar-refractivity contribution in [3.8, 4) is 0 Å². The molecule has 5 nitrogen and oxygen atoms in total. The number of carbonyl (C=O) groups excluding carboxylic acids is 3. The lowest BCUT2D eigenvalue weighted by Gasteiger charge is -2.59. The van der Waals surface area contributed by atoms with Gasteiger partial charge in [-0.15, -0.1) is 0 Å². The van der Waals surface area contributed by atoms with Gasteiger partial charge in [-0.1, -0.05) is 19.4 Å². The summed E-state index contributed by atoms with van der Waals surface area (Å²) in [5.74, 6) is 0.977. The van der Waals surface area contributed by atoms with Crippen molar-refractivity contribution in [1.29, 1.82) is 0 Å².